The molecule has 0 saturated heterocycles. The summed E-state index contributed by atoms with van der Waals surface area (Å²) in [7, 11) is 5.32. The van der Waals surface area contributed by atoms with Gasteiger partial charge in [0, 0.05) is 37.2 Å². The molecule has 0 spiro atoms. The Kier molecular flexibility index (Phi) is 4.28. The third kappa shape index (κ3) is 3.61. The molecule has 2 rings (SSSR count). The van der Waals surface area contributed by atoms with Crippen LogP contribution in [0.1, 0.15) is 5.56 Å². The lowest BCUT2D eigenvalue weighted by molar-refractivity contribution is -0.885. The molecular formula is C15H19N2O4+. The number of aromatic hydroxyl groups is 1. The van der Waals surface area contributed by atoms with Crippen LogP contribution in [0, 0.1) is 0 Å². The summed E-state index contributed by atoms with van der Waals surface area (Å²) in [6, 6.07) is 6.11. The second-order valence-corrected chi connectivity index (χ2v) is 5.37. The summed E-state index contributed by atoms with van der Waals surface area (Å²) in [4.78, 5) is 25.8. The fourth-order valence-electron chi connectivity index (χ4n) is 2.17. The van der Waals surface area contributed by atoms with Crippen LogP contribution in [0.3, 0.4) is 0 Å². The van der Waals surface area contributed by atoms with Crippen LogP contribution in [0.15, 0.2) is 33.5 Å². The van der Waals surface area contributed by atoms with Crippen LogP contribution in [-0.2, 0) is 11.3 Å². The number of phenolic OH excluding ortho intramolecular Hbond substituents is 1. The highest BCUT2D eigenvalue weighted by Gasteiger charge is 2.15. The summed E-state index contributed by atoms with van der Waals surface area (Å²) in [5.41, 5.74) is 0.685. The van der Waals surface area contributed by atoms with Crippen molar-refractivity contribution in [2.24, 2.45) is 0 Å². The number of likely N-dealkylation sites (N-methyl/N-ethyl adjacent to an activating group) is 2. The van der Waals surface area contributed by atoms with Gasteiger partial charge < -0.3 is 19.3 Å². The number of quaternary nitrogens is 1. The fourth-order valence-corrected chi connectivity index (χ4v) is 2.17. The van der Waals surface area contributed by atoms with Crippen molar-refractivity contribution in [3.63, 3.8) is 0 Å². The second-order valence-electron chi connectivity index (χ2n) is 5.37. The summed E-state index contributed by atoms with van der Waals surface area (Å²) in [5, 5.41) is 10.2. The van der Waals surface area contributed by atoms with E-state index < -0.39 is 5.63 Å². The van der Waals surface area contributed by atoms with E-state index in [-0.39, 0.29) is 11.7 Å². The van der Waals surface area contributed by atoms with Gasteiger partial charge in [-0.05, 0) is 12.1 Å². The predicted molar refractivity (Wildman–Crippen MR) is 78.3 cm³/mol. The highest BCUT2D eigenvalue weighted by Crippen LogP contribution is 2.21. The van der Waals surface area contributed by atoms with Crippen molar-refractivity contribution in [2.75, 3.05) is 27.7 Å². The lowest BCUT2D eigenvalue weighted by atomic mass is 10.1. The topological polar surface area (TPSA) is 75.2 Å². The van der Waals surface area contributed by atoms with Crippen LogP contribution >= 0.6 is 0 Å². The van der Waals surface area contributed by atoms with Crippen LogP contribution < -0.4 is 10.5 Å². The number of carbonyl (C=O) groups excluding carboxylic acids is 1. The number of nitrogens with zero attached hydrogens (tertiary/aromatic N) is 1. The molecule has 2 aromatic rings. The van der Waals surface area contributed by atoms with E-state index in [1.165, 1.54) is 12.1 Å². The molecule has 112 valence electrons. The molecule has 1 heterocycles. The number of hydrogen-bond acceptors (Lipinski definition) is 4. The normalized spacial score (nSPS) is 12.3. The Bertz CT molecular complexity index is 721. The molecule has 1 amide bonds. The number of rotatable bonds is 4. The zero-order valence-electron chi connectivity index (χ0n) is 12.3. The first kappa shape index (κ1) is 15.1. The average Bonchev–Trinajstić information content (AvgIpc) is 2.37. The first-order chi connectivity index (χ1) is 9.86. The summed E-state index contributed by atoms with van der Waals surface area (Å²) >= 11 is 0. The maximum atomic E-state index is 11.7. The third-order valence-electron chi connectivity index (χ3n) is 3.26. The van der Waals surface area contributed by atoms with Gasteiger partial charge in [0.15, 0.2) is 6.54 Å². The fraction of sp³-hybridized carbons (Fsp3) is 0.333. The number of fused-ring (bicyclic) bond motifs is 1. The van der Waals surface area contributed by atoms with E-state index >= 15 is 0 Å². The minimum atomic E-state index is -0.463. The lowest BCUT2D eigenvalue weighted by Crippen LogP contribution is -3.08. The maximum Gasteiger partial charge on any atom is 0.336 e. The molecule has 1 unspecified atom stereocenters. The predicted octanol–water partition coefficient (Wildman–Crippen LogP) is -0.399. The minimum Gasteiger partial charge on any atom is -0.508 e. The van der Waals surface area contributed by atoms with Crippen molar-refractivity contribution < 1.29 is 19.2 Å². The number of nitrogens with one attached hydrogen (secondary N) is 1. The molecule has 0 aliphatic carbocycles. The molecule has 0 saturated carbocycles. The van der Waals surface area contributed by atoms with Crippen molar-refractivity contribution in [1.82, 2.24) is 4.90 Å². The van der Waals surface area contributed by atoms with Gasteiger partial charge in [-0.3, -0.25) is 4.79 Å². The Morgan fingerprint density at radius 2 is 2.05 bits per heavy atom. The van der Waals surface area contributed by atoms with E-state index in [2.05, 4.69) is 0 Å². The quantitative estimate of drug-likeness (QED) is 0.752. The number of hydrogen-bond donors (Lipinski definition) is 2. The standard InChI is InChI=1S/C15H18N2O4/c1-16(2)14(19)9-17(3)8-10-6-15(20)21-13-7-11(18)4-5-12(10)13/h4-7,18H,8-9H2,1-3H3/p+1. The van der Waals surface area contributed by atoms with Crippen molar-refractivity contribution in [3.05, 3.63) is 40.2 Å². The number of carbonyl (C=O) groups is 1. The summed E-state index contributed by atoms with van der Waals surface area (Å²) in [6.45, 7) is 0.860. The van der Waals surface area contributed by atoms with Gasteiger partial charge in [-0.2, -0.15) is 0 Å². The highest BCUT2D eigenvalue weighted by atomic mass is 16.4. The molecule has 6 heteroatoms. The van der Waals surface area contributed by atoms with Crippen LogP contribution in [-0.4, -0.2) is 43.6 Å². The Labute approximate surface area is 122 Å². The van der Waals surface area contributed by atoms with Crippen molar-refractivity contribution >= 4 is 16.9 Å². The van der Waals surface area contributed by atoms with Gasteiger partial charge in [0.05, 0.1) is 7.05 Å². The monoisotopic (exact) mass is 291 g/mol. The Balaban J connectivity index is 2.29. The summed E-state index contributed by atoms with van der Waals surface area (Å²) in [5.74, 6) is 0.0729. The molecule has 0 fully saturated rings. The van der Waals surface area contributed by atoms with E-state index in [1.807, 2.05) is 7.05 Å². The van der Waals surface area contributed by atoms with Crippen molar-refractivity contribution in [2.45, 2.75) is 6.54 Å². The van der Waals surface area contributed by atoms with Gasteiger partial charge in [0.1, 0.15) is 17.9 Å². The van der Waals surface area contributed by atoms with Gasteiger partial charge in [0.2, 0.25) is 0 Å². The molecule has 6 nitrogen and oxygen atoms in total. The molecule has 0 aliphatic rings. The second kappa shape index (κ2) is 5.97. The summed E-state index contributed by atoms with van der Waals surface area (Å²) in [6.07, 6.45) is 0. The number of benzene rings is 1. The van der Waals surface area contributed by atoms with E-state index in [4.69, 9.17) is 4.42 Å². The van der Waals surface area contributed by atoms with E-state index in [1.54, 1.807) is 31.1 Å². The number of phenols is 1. The van der Waals surface area contributed by atoms with E-state index in [0.29, 0.717) is 18.7 Å². The molecule has 2 N–H and O–H groups in total. The van der Waals surface area contributed by atoms with Crippen LogP contribution in [0.5, 0.6) is 5.75 Å². The maximum absolute atomic E-state index is 11.7. The Hall–Kier alpha value is -2.34. The lowest BCUT2D eigenvalue weighted by Gasteiger charge is -2.17. The smallest absolute Gasteiger partial charge is 0.336 e. The number of amides is 1. The largest absolute Gasteiger partial charge is 0.508 e. The molecule has 0 aliphatic heterocycles. The van der Waals surface area contributed by atoms with Gasteiger partial charge in [-0.1, -0.05) is 0 Å². The van der Waals surface area contributed by atoms with Crippen LogP contribution in [0.25, 0.3) is 11.0 Å². The highest BCUT2D eigenvalue weighted by molar-refractivity contribution is 5.81. The minimum absolute atomic E-state index is 0.0254. The molecule has 1 aromatic carbocycles. The molecule has 21 heavy (non-hydrogen) atoms. The van der Waals surface area contributed by atoms with Gasteiger partial charge in [0.25, 0.3) is 5.91 Å². The molecule has 1 atom stereocenters. The van der Waals surface area contributed by atoms with E-state index in [0.717, 1.165) is 15.8 Å². The molecule has 0 radical (unpaired) electrons. The molecule has 1 aromatic heterocycles. The first-order valence-corrected chi connectivity index (χ1v) is 6.64. The Morgan fingerprint density at radius 3 is 2.71 bits per heavy atom. The third-order valence-corrected chi connectivity index (χ3v) is 3.26. The SMILES string of the molecule is CN(C)C(=O)C[NH+](C)Cc1cc(=O)oc2cc(O)ccc12. The van der Waals surface area contributed by atoms with Gasteiger partial charge >= 0.3 is 5.63 Å². The zero-order chi connectivity index (χ0) is 15.6. The average molecular weight is 291 g/mol. The Morgan fingerprint density at radius 1 is 1.33 bits per heavy atom. The van der Waals surface area contributed by atoms with Crippen molar-refractivity contribution in [1.29, 1.82) is 0 Å². The molecular weight excluding hydrogens is 272 g/mol. The van der Waals surface area contributed by atoms with Crippen LogP contribution in [0.2, 0.25) is 0 Å². The zero-order valence-corrected chi connectivity index (χ0v) is 12.3. The van der Waals surface area contributed by atoms with Crippen LogP contribution in [0.4, 0.5) is 0 Å². The molecule has 0 bridgehead atoms. The van der Waals surface area contributed by atoms with Gasteiger partial charge in [-0.15, -0.1) is 0 Å². The first-order valence-electron chi connectivity index (χ1n) is 6.64. The summed E-state index contributed by atoms with van der Waals surface area (Å²) < 4.78 is 5.08. The van der Waals surface area contributed by atoms with E-state index in [9.17, 15) is 14.7 Å². The van der Waals surface area contributed by atoms with Crippen molar-refractivity contribution in [3.8, 4) is 5.75 Å². The van der Waals surface area contributed by atoms with Gasteiger partial charge in [-0.25, -0.2) is 4.79 Å².